The number of aromatic nitrogens is 2. The van der Waals surface area contributed by atoms with Crippen LogP contribution in [0.1, 0.15) is 5.56 Å². The number of hydrogen-bond acceptors (Lipinski definition) is 3. The molecule has 1 rings (SSSR count). The smallest absolute Gasteiger partial charge is 0.332 e. The van der Waals surface area contributed by atoms with Crippen LogP contribution in [0.15, 0.2) is 24.5 Å². The van der Waals surface area contributed by atoms with E-state index in [0.717, 1.165) is 5.56 Å². The van der Waals surface area contributed by atoms with Crippen molar-refractivity contribution in [2.75, 3.05) is 6.54 Å². The van der Waals surface area contributed by atoms with E-state index < -0.39 is 5.97 Å². The average molecular weight is 195 g/mol. The molecule has 0 saturated heterocycles. The molecule has 1 heterocycles. The first-order valence-electron chi connectivity index (χ1n) is 4.19. The Labute approximate surface area is 82.0 Å². The van der Waals surface area contributed by atoms with Gasteiger partial charge in [-0.3, -0.25) is 4.68 Å². The molecule has 14 heavy (non-hydrogen) atoms. The lowest BCUT2D eigenvalue weighted by molar-refractivity contribution is -0.132. The van der Waals surface area contributed by atoms with E-state index in [1.807, 2.05) is 13.2 Å². The van der Waals surface area contributed by atoms with Crippen LogP contribution >= 0.6 is 0 Å². The SMILES string of the molecule is C=C(CNCc1cnn(C)c1)C(=O)O. The minimum atomic E-state index is -0.969. The van der Waals surface area contributed by atoms with Crippen molar-refractivity contribution in [1.29, 1.82) is 0 Å². The van der Waals surface area contributed by atoms with E-state index in [1.165, 1.54) is 0 Å². The molecule has 0 aliphatic rings. The minimum Gasteiger partial charge on any atom is -0.478 e. The number of carboxylic acids is 1. The van der Waals surface area contributed by atoms with Gasteiger partial charge in [-0.05, 0) is 0 Å². The molecule has 76 valence electrons. The van der Waals surface area contributed by atoms with Gasteiger partial charge in [0.05, 0.1) is 6.20 Å². The van der Waals surface area contributed by atoms with Gasteiger partial charge in [0.2, 0.25) is 0 Å². The van der Waals surface area contributed by atoms with Gasteiger partial charge in [-0.1, -0.05) is 6.58 Å². The molecular formula is C9H13N3O2. The van der Waals surface area contributed by atoms with Crippen molar-refractivity contribution in [3.8, 4) is 0 Å². The highest BCUT2D eigenvalue weighted by Gasteiger charge is 2.02. The summed E-state index contributed by atoms with van der Waals surface area (Å²) in [4.78, 5) is 10.4. The molecule has 0 unspecified atom stereocenters. The highest BCUT2D eigenvalue weighted by molar-refractivity contribution is 5.86. The van der Waals surface area contributed by atoms with Crippen LogP contribution in [0.3, 0.4) is 0 Å². The summed E-state index contributed by atoms with van der Waals surface area (Å²) in [7, 11) is 1.83. The highest BCUT2D eigenvalue weighted by Crippen LogP contribution is 1.95. The van der Waals surface area contributed by atoms with E-state index in [2.05, 4.69) is 17.0 Å². The van der Waals surface area contributed by atoms with Gasteiger partial charge in [0.15, 0.2) is 0 Å². The third-order valence-electron chi connectivity index (χ3n) is 1.73. The molecule has 0 aliphatic carbocycles. The number of aryl methyl sites for hydroxylation is 1. The standard InChI is InChI=1S/C9H13N3O2/c1-7(9(13)14)3-10-4-8-5-11-12(2)6-8/h5-6,10H,1,3-4H2,2H3,(H,13,14). The Morgan fingerprint density at radius 1 is 1.79 bits per heavy atom. The van der Waals surface area contributed by atoms with E-state index in [1.54, 1.807) is 10.9 Å². The Hall–Kier alpha value is -1.62. The molecule has 1 aromatic rings. The van der Waals surface area contributed by atoms with E-state index >= 15 is 0 Å². The van der Waals surface area contributed by atoms with Crippen molar-refractivity contribution in [3.05, 3.63) is 30.1 Å². The Morgan fingerprint density at radius 3 is 3.00 bits per heavy atom. The van der Waals surface area contributed by atoms with E-state index in [9.17, 15) is 4.79 Å². The van der Waals surface area contributed by atoms with Crippen LogP contribution in [0, 0.1) is 0 Å². The van der Waals surface area contributed by atoms with Gasteiger partial charge < -0.3 is 10.4 Å². The minimum absolute atomic E-state index is 0.161. The number of rotatable bonds is 5. The average Bonchev–Trinajstić information content (AvgIpc) is 2.51. The molecule has 0 saturated carbocycles. The van der Waals surface area contributed by atoms with E-state index in [0.29, 0.717) is 6.54 Å². The Bertz CT molecular complexity index is 344. The van der Waals surface area contributed by atoms with Crippen LogP contribution in [0.5, 0.6) is 0 Å². The number of carboxylic acid groups (broad SMARTS) is 1. The first-order valence-corrected chi connectivity index (χ1v) is 4.19. The van der Waals surface area contributed by atoms with Crippen LogP contribution in [-0.4, -0.2) is 27.4 Å². The third-order valence-corrected chi connectivity index (χ3v) is 1.73. The number of aliphatic carboxylic acids is 1. The molecule has 0 aliphatic heterocycles. The normalized spacial score (nSPS) is 10.1. The first-order chi connectivity index (χ1) is 6.59. The molecular weight excluding hydrogens is 182 g/mol. The highest BCUT2D eigenvalue weighted by atomic mass is 16.4. The second kappa shape index (κ2) is 4.57. The Kier molecular flexibility index (Phi) is 3.41. The molecule has 0 amide bonds. The molecule has 0 atom stereocenters. The summed E-state index contributed by atoms with van der Waals surface area (Å²) in [6, 6.07) is 0. The largest absolute Gasteiger partial charge is 0.478 e. The van der Waals surface area contributed by atoms with Crippen LogP contribution in [-0.2, 0) is 18.4 Å². The lowest BCUT2D eigenvalue weighted by Gasteiger charge is -2.01. The zero-order chi connectivity index (χ0) is 10.6. The predicted octanol–water partition coefficient (Wildman–Crippen LogP) is 0.150. The molecule has 5 heteroatoms. The van der Waals surface area contributed by atoms with E-state index in [4.69, 9.17) is 5.11 Å². The molecule has 2 N–H and O–H groups in total. The monoisotopic (exact) mass is 195 g/mol. The second-order valence-electron chi connectivity index (χ2n) is 3.03. The number of nitrogens with one attached hydrogen (secondary N) is 1. The van der Waals surface area contributed by atoms with Crippen molar-refractivity contribution in [3.63, 3.8) is 0 Å². The topological polar surface area (TPSA) is 67.2 Å². The van der Waals surface area contributed by atoms with Crippen LogP contribution in [0.25, 0.3) is 0 Å². The van der Waals surface area contributed by atoms with Crippen molar-refractivity contribution < 1.29 is 9.90 Å². The van der Waals surface area contributed by atoms with Gasteiger partial charge >= 0.3 is 5.97 Å². The van der Waals surface area contributed by atoms with Gasteiger partial charge in [0.1, 0.15) is 0 Å². The van der Waals surface area contributed by atoms with Gasteiger partial charge in [-0.2, -0.15) is 5.10 Å². The summed E-state index contributed by atoms with van der Waals surface area (Å²) in [5, 5.41) is 15.5. The van der Waals surface area contributed by atoms with Crippen molar-refractivity contribution in [2.45, 2.75) is 6.54 Å². The fourth-order valence-corrected chi connectivity index (χ4v) is 0.996. The molecule has 1 aromatic heterocycles. The fourth-order valence-electron chi connectivity index (χ4n) is 0.996. The molecule has 0 radical (unpaired) electrons. The maximum absolute atomic E-state index is 10.4. The Balaban J connectivity index is 2.29. The fraction of sp³-hybridized carbons (Fsp3) is 0.333. The van der Waals surface area contributed by atoms with Crippen molar-refractivity contribution in [2.24, 2.45) is 7.05 Å². The summed E-state index contributed by atoms with van der Waals surface area (Å²) >= 11 is 0. The third kappa shape index (κ3) is 3.02. The van der Waals surface area contributed by atoms with Gasteiger partial charge in [-0.25, -0.2) is 4.79 Å². The molecule has 0 aromatic carbocycles. The summed E-state index contributed by atoms with van der Waals surface area (Å²) in [5.41, 5.74) is 1.18. The number of carbonyl (C=O) groups is 1. The zero-order valence-electron chi connectivity index (χ0n) is 8.03. The summed E-state index contributed by atoms with van der Waals surface area (Å²) in [6.45, 7) is 4.29. The molecule has 0 bridgehead atoms. The molecule has 0 fully saturated rings. The Morgan fingerprint density at radius 2 is 2.50 bits per heavy atom. The lowest BCUT2D eigenvalue weighted by Crippen LogP contribution is -2.19. The quantitative estimate of drug-likeness (QED) is 0.656. The summed E-state index contributed by atoms with van der Waals surface area (Å²) in [6.07, 6.45) is 3.60. The van der Waals surface area contributed by atoms with Crippen LogP contribution < -0.4 is 5.32 Å². The second-order valence-corrected chi connectivity index (χ2v) is 3.03. The van der Waals surface area contributed by atoms with Gasteiger partial charge in [0, 0.05) is 37.5 Å². The maximum Gasteiger partial charge on any atom is 0.332 e. The predicted molar refractivity (Wildman–Crippen MR) is 51.7 cm³/mol. The van der Waals surface area contributed by atoms with Gasteiger partial charge in [0.25, 0.3) is 0 Å². The van der Waals surface area contributed by atoms with Crippen LogP contribution in [0.2, 0.25) is 0 Å². The first kappa shape index (κ1) is 10.5. The van der Waals surface area contributed by atoms with Crippen molar-refractivity contribution in [1.82, 2.24) is 15.1 Å². The van der Waals surface area contributed by atoms with E-state index in [-0.39, 0.29) is 12.1 Å². The molecule has 0 spiro atoms. The number of hydrogen-bond donors (Lipinski definition) is 2. The van der Waals surface area contributed by atoms with Crippen LogP contribution in [0.4, 0.5) is 0 Å². The van der Waals surface area contributed by atoms with Crippen molar-refractivity contribution >= 4 is 5.97 Å². The maximum atomic E-state index is 10.4. The molecule has 5 nitrogen and oxygen atoms in total. The lowest BCUT2D eigenvalue weighted by atomic mass is 10.3. The number of nitrogens with zero attached hydrogens (tertiary/aromatic N) is 2. The zero-order valence-corrected chi connectivity index (χ0v) is 8.03. The van der Waals surface area contributed by atoms with Gasteiger partial charge in [-0.15, -0.1) is 0 Å². The summed E-state index contributed by atoms with van der Waals surface area (Å²) in [5.74, 6) is -0.969. The summed E-state index contributed by atoms with van der Waals surface area (Å²) < 4.78 is 1.70.